The predicted molar refractivity (Wildman–Crippen MR) is 89.9 cm³/mol. The van der Waals surface area contributed by atoms with Crippen LogP contribution in [-0.4, -0.2) is 10.2 Å². The lowest BCUT2D eigenvalue weighted by Gasteiger charge is -2.10. The van der Waals surface area contributed by atoms with Crippen molar-refractivity contribution in [2.45, 2.75) is 0 Å². The average molecular weight is 328 g/mol. The lowest BCUT2D eigenvalue weighted by atomic mass is 10.1. The van der Waals surface area contributed by atoms with Crippen molar-refractivity contribution in [3.8, 4) is 22.6 Å². The Morgan fingerprint density at radius 1 is 0.826 bits per heavy atom. The SMILES string of the molecule is O=[PH](c1cc(O)ccc1O)c1cccc(-c2ccccc2)c1F. The molecule has 0 saturated carbocycles. The third-order valence-electron chi connectivity index (χ3n) is 3.55. The van der Waals surface area contributed by atoms with Crippen molar-refractivity contribution in [2.75, 3.05) is 0 Å². The van der Waals surface area contributed by atoms with E-state index in [0.29, 0.717) is 11.1 Å². The Kier molecular flexibility index (Phi) is 4.18. The van der Waals surface area contributed by atoms with Crippen LogP contribution in [0.25, 0.3) is 11.1 Å². The van der Waals surface area contributed by atoms with Crippen molar-refractivity contribution in [1.82, 2.24) is 0 Å². The molecule has 3 aromatic rings. The first-order valence-corrected chi connectivity index (χ1v) is 8.39. The summed E-state index contributed by atoms with van der Waals surface area (Å²) in [6, 6.07) is 17.4. The Balaban J connectivity index is 2.11. The van der Waals surface area contributed by atoms with Crippen molar-refractivity contribution < 1.29 is 19.2 Å². The van der Waals surface area contributed by atoms with Crippen LogP contribution in [0, 0.1) is 5.82 Å². The summed E-state index contributed by atoms with van der Waals surface area (Å²) in [5.74, 6) is -0.933. The second kappa shape index (κ2) is 6.27. The molecule has 3 nitrogen and oxygen atoms in total. The van der Waals surface area contributed by atoms with Gasteiger partial charge in [0.05, 0.1) is 5.30 Å². The van der Waals surface area contributed by atoms with Gasteiger partial charge in [-0.15, -0.1) is 0 Å². The van der Waals surface area contributed by atoms with Gasteiger partial charge >= 0.3 is 0 Å². The second-order valence-electron chi connectivity index (χ2n) is 5.06. The summed E-state index contributed by atoms with van der Waals surface area (Å²) in [6.45, 7) is 0. The Bertz CT molecular complexity index is 879. The highest BCUT2D eigenvalue weighted by atomic mass is 31.1. The zero-order chi connectivity index (χ0) is 16.4. The molecule has 0 heterocycles. The van der Waals surface area contributed by atoms with Gasteiger partial charge in [0.25, 0.3) is 0 Å². The zero-order valence-corrected chi connectivity index (χ0v) is 13.0. The standard InChI is InChI=1S/C18H14FO3P/c19-18-14(12-5-2-1-3-6-12)7-4-8-16(18)23(22)17-11-13(20)9-10-15(17)21/h1-11,20-21,23H. The number of hydrogen-bond donors (Lipinski definition) is 2. The molecule has 5 heteroatoms. The topological polar surface area (TPSA) is 57.5 Å². The van der Waals surface area contributed by atoms with E-state index in [1.54, 1.807) is 36.4 Å². The summed E-state index contributed by atoms with van der Waals surface area (Å²) < 4.78 is 27.5. The molecule has 3 rings (SSSR count). The van der Waals surface area contributed by atoms with E-state index in [1.807, 2.05) is 6.07 Å². The number of rotatable bonds is 3. The van der Waals surface area contributed by atoms with E-state index in [-0.39, 0.29) is 22.1 Å². The third-order valence-corrected chi connectivity index (χ3v) is 5.32. The maximum absolute atomic E-state index is 14.8. The first-order valence-electron chi connectivity index (χ1n) is 6.98. The van der Waals surface area contributed by atoms with Crippen LogP contribution >= 0.6 is 7.80 Å². The molecule has 0 saturated heterocycles. The number of benzene rings is 3. The van der Waals surface area contributed by atoms with Gasteiger partial charge in [-0.05, 0) is 29.8 Å². The smallest absolute Gasteiger partial charge is 0.141 e. The molecule has 0 aliphatic rings. The Labute approximate surface area is 133 Å². The molecule has 23 heavy (non-hydrogen) atoms. The highest BCUT2D eigenvalue weighted by molar-refractivity contribution is 7.61. The fourth-order valence-corrected chi connectivity index (χ4v) is 3.87. The van der Waals surface area contributed by atoms with Gasteiger partial charge in [0, 0.05) is 10.9 Å². The van der Waals surface area contributed by atoms with Gasteiger partial charge in [-0.25, -0.2) is 4.39 Å². The van der Waals surface area contributed by atoms with Gasteiger partial charge in [0.1, 0.15) is 25.1 Å². The summed E-state index contributed by atoms with van der Waals surface area (Å²) in [5.41, 5.74) is 1.03. The summed E-state index contributed by atoms with van der Waals surface area (Å²) in [6.07, 6.45) is 0. The minimum absolute atomic E-state index is 0.0252. The summed E-state index contributed by atoms with van der Waals surface area (Å²) in [7, 11) is -2.79. The Morgan fingerprint density at radius 2 is 1.57 bits per heavy atom. The fraction of sp³-hybridized carbons (Fsp3) is 0. The van der Waals surface area contributed by atoms with Gasteiger partial charge in [-0.3, -0.25) is 0 Å². The molecular formula is C18H14FO3P. The molecule has 0 fully saturated rings. The van der Waals surface area contributed by atoms with Crippen LogP contribution < -0.4 is 10.6 Å². The van der Waals surface area contributed by atoms with E-state index in [2.05, 4.69) is 0 Å². The van der Waals surface area contributed by atoms with Crippen LogP contribution in [0.3, 0.4) is 0 Å². The maximum Gasteiger partial charge on any atom is 0.141 e. The van der Waals surface area contributed by atoms with Crippen LogP contribution in [0.2, 0.25) is 0 Å². The van der Waals surface area contributed by atoms with Crippen LogP contribution in [0.1, 0.15) is 0 Å². The number of phenolic OH excluding ortho intramolecular Hbond substituents is 2. The molecule has 0 bridgehead atoms. The van der Waals surface area contributed by atoms with Crippen LogP contribution in [0.4, 0.5) is 4.39 Å². The van der Waals surface area contributed by atoms with Gasteiger partial charge < -0.3 is 14.8 Å². The third kappa shape index (κ3) is 2.99. The molecule has 0 aliphatic carbocycles. The molecular weight excluding hydrogens is 314 g/mol. The molecule has 2 N–H and O–H groups in total. The molecule has 116 valence electrons. The normalized spacial score (nSPS) is 12.0. The highest BCUT2D eigenvalue weighted by Gasteiger charge is 2.18. The van der Waals surface area contributed by atoms with Gasteiger partial charge in [-0.2, -0.15) is 0 Å². The Morgan fingerprint density at radius 3 is 2.30 bits per heavy atom. The van der Waals surface area contributed by atoms with Crippen molar-refractivity contribution in [3.63, 3.8) is 0 Å². The number of halogens is 1. The highest BCUT2D eigenvalue weighted by Crippen LogP contribution is 2.31. The van der Waals surface area contributed by atoms with Crippen molar-refractivity contribution in [2.24, 2.45) is 0 Å². The minimum atomic E-state index is -2.79. The van der Waals surface area contributed by atoms with Crippen LogP contribution in [0.15, 0.2) is 66.7 Å². The zero-order valence-electron chi connectivity index (χ0n) is 12.0. The molecule has 1 unspecified atom stereocenters. The lowest BCUT2D eigenvalue weighted by molar-refractivity contribution is 0.463. The minimum Gasteiger partial charge on any atom is -0.508 e. The van der Waals surface area contributed by atoms with Crippen LogP contribution in [-0.2, 0) is 4.57 Å². The first kappa shape index (κ1) is 15.3. The summed E-state index contributed by atoms with van der Waals surface area (Å²) >= 11 is 0. The van der Waals surface area contributed by atoms with E-state index < -0.39 is 13.6 Å². The largest absolute Gasteiger partial charge is 0.508 e. The monoisotopic (exact) mass is 328 g/mol. The van der Waals surface area contributed by atoms with Gasteiger partial charge in [0.2, 0.25) is 0 Å². The van der Waals surface area contributed by atoms with Crippen molar-refractivity contribution >= 4 is 18.4 Å². The quantitative estimate of drug-likeness (QED) is 0.572. The molecule has 0 radical (unpaired) electrons. The van der Waals surface area contributed by atoms with Crippen molar-refractivity contribution in [3.05, 3.63) is 72.5 Å². The molecule has 0 amide bonds. The number of aromatic hydroxyl groups is 2. The van der Waals surface area contributed by atoms with Crippen molar-refractivity contribution in [1.29, 1.82) is 0 Å². The molecule has 0 spiro atoms. The summed E-state index contributed by atoms with van der Waals surface area (Å²) in [4.78, 5) is 0. The lowest BCUT2D eigenvalue weighted by Crippen LogP contribution is -2.12. The Hall–Kier alpha value is -2.58. The molecule has 1 atom stereocenters. The predicted octanol–water partition coefficient (Wildman–Crippen LogP) is 3.41. The van der Waals surface area contributed by atoms with E-state index in [9.17, 15) is 19.2 Å². The molecule has 3 aromatic carbocycles. The van der Waals surface area contributed by atoms with Gasteiger partial charge in [0.15, 0.2) is 0 Å². The fourth-order valence-electron chi connectivity index (χ4n) is 2.40. The average Bonchev–Trinajstić information content (AvgIpc) is 2.57. The molecule has 0 aliphatic heterocycles. The van der Waals surface area contributed by atoms with Crippen LogP contribution in [0.5, 0.6) is 11.5 Å². The first-order chi connectivity index (χ1) is 11.1. The van der Waals surface area contributed by atoms with Gasteiger partial charge in [-0.1, -0.05) is 42.5 Å². The summed E-state index contributed by atoms with van der Waals surface area (Å²) in [5, 5.41) is 19.4. The number of phenols is 2. The maximum atomic E-state index is 14.8. The van der Waals surface area contributed by atoms with E-state index in [0.717, 1.165) is 0 Å². The van der Waals surface area contributed by atoms with E-state index in [1.165, 1.54) is 24.3 Å². The second-order valence-corrected chi connectivity index (χ2v) is 6.80. The van der Waals surface area contributed by atoms with E-state index >= 15 is 0 Å². The number of hydrogen-bond acceptors (Lipinski definition) is 3. The van der Waals surface area contributed by atoms with E-state index in [4.69, 9.17) is 0 Å². The molecule has 0 aromatic heterocycles.